The fourth-order valence-corrected chi connectivity index (χ4v) is 1.77. The van der Waals surface area contributed by atoms with Crippen LogP contribution in [0.4, 0.5) is 4.39 Å². The van der Waals surface area contributed by atoms with Crippen LogP contribution in [0.2, 0.25) is 0 Å². The molecule has 0 aliphatic carbocycles. The SMILES string of the molecule is O=C(c1ccoc1)c1c(F)cccc1Br. The van der Waals surface area contributed by atoms with Crippen molar-refractivity contribution in [1.29, 1.82) is 0 Å². The van der Waals surface area contributed by atoms with Gasteiger partial charge < -0.3 is 4.42 Å². The molecule has 0 fully saturated rings. The third-order valence-corrected chi connectivity index (χ3v) is 2.63. The van der Waals surface area contributed by atoms with Gasteiger partial charge in [0.25, 0.3) is 0 Å². The van der Waals surface area contributed by atoms with Crippen LogP contribution < -0.4 is 0 Å². The van der Waals surface area contributed by atoms with Crippen LogP contribution in [0.5, 0.6) is 0 Å². The van der Waals surface area contributed by atoms with Gasteiger partial charge in [-0.15, -0.1) is 0 Å². The molecule has 0 bridgehead atoms. The van der Waals surface area contributed by atoms with E-state index in [1.807, 2.05) is 0 Å². The van der Waals surface area contributed by atoms with E-state index in [1.54, 1.807) is 6.07 Å². The van der Waals surface area contributed by atoms with E-state index < -0.39 is 11.6 Å². The predicted molar refractivity (Wildman–Crippen MR) is 56.2 cm³/mol. The quantitative estimate of drug-likeness (QED) is 0.782. The molecule has 0 aliphatic heterocycles. The van der Waals surface area contributed by atoms with E-state index in [9.17, 15) is 9.18 Å². The van der Waals surface area contributed by atoms with Crippen molar-refractivity contribution in [3.63, 3.8) is 0 Å². The second kappa shape index (κ2) is 3.98. The number of carbonyl (C=O) groups excluding carboxylic acids is 1. The summed E-state index contributed by atoms with van der Waals surface area (Å²) in [6, 6.07) is 5.90. The van der Waals surface area contributed by atoms with E-state index in [2.05, 4.69) is 15.9 Å². The van der Waals surface area contributed by atoms with Crippen molar-refractivity contribution in [1.82, 2.24) is 0 Å². The average molecular weight is 269 g/mol. The molecule has 4 heteroatoms. The maximum absolute atomic E-state index is 13.4. The Morgan fingerprint density at radius 3 is 2.73 bits per heavy atom. The van der Waals surface area contributed by atoms with E-state index in [4.69, 9.17) is 4.42 Å². The standard InChI is InChI=1S/C11H6BrFO2/c12-8-2-1-3-9(13)10(8)11(14)7-4-5-15-6-7/h1-6H. The number of halogens is 2. The first-order chi connectivity index (χ1) is 7.20. The zero-order valence-corrected chi connectivity index (χ0v) is 9.12. The summed E-state index contributed by atoms with van der Waals surface area (Å²) in [7, 11) is 0. The minimum Gasteiger partial charge on any atom is -0.472 e. The maximum atomic E-state index is 13.4. The number of hydrogen-bond donors (Lipinski definition) is 0. The molecule has 1 aromatic carbocycles. The van der Waals surface area contributed by atoms with Gasteiger partial charge >= 0.3 is 0 Å². The molecule has 2 rings (SSSR count). The van der Waals surface area contributed by atoms with Crippen LogP contribution in [0.15, 0.2) is 45.7 Å². The summed E-state index contributed by atoms with van der Waals surface area (Å²) in [6.45, 7) is 0. The van der Waals surface area contributed by atoms with E-state index in [1.165, 1.54) is 30.7 Å². The first-order valence-electron chi connectivity index (χ1n) is 4.21. The fourth-order valence-electron chi connectivity index (χ4n) is 1.25. The van der Waals surface area contributed by atoms with Crippen molar-refractivity contribution in [3.05, 3.63) is 58.2 Å². The van der Waals surface area contributed by atoms with Crippen LogP contribution in [0.25, 0.3) is 0 Å². The highest BCUT2D eigenvalue weighted by Gasteiger charge is 2.17. The van der Waals surface area contributed by atoms with Gasteiger partial charge in [-0.25, -0.2) is 4.39 Å². The summed E-state index contributed by atoms with van der Waals surface area (Å²) in [5.41, 5.74) is 0.361. The minimum atomic E-state index is -0.546. The van der Waals surface area contributed by atoms with Gasteiger partial charge in [0.15, 0.2) is 5.78 Å². The lowest BCUT2D eigenvalue weighted by molar-refractivity contribution is 0.103. The van der Waals surface area contributed by atoms with Gasteiger partial charge in [0.1, 0.15) is 12.1 Å². The molecule has 2 nitrogen and oxygen atoms in total. The summed E-state index contributed by atoms with van der Waals surface area (Å²) < 4.78 is 18.6. The molecule has 0 spiro atoms. The zero-order valence-electron chi connectivity index (χ0n) is 7.54. The molecule has 15 heavy (non-hydrogen) atoms. The maximum Gasteiger partial charge on any atom is 0.200 e. The molecular weight excluding hydrogens is 263 g/mol. The molecule has 2 aromatic rings. The first-order valence-corrected chi connectivity index (χ1v) is 5.00. The molecule has 0 aliphatic rings. The molecule has 0 saturated heterocycles. The molecule has 0 amide bonds. The highest BCUT2D eigenvalue weighted by Crippen LogP contribution is 2.22. The van der Waals surface area contributed by atoms with Crippen molar-refractivity contribution in [2.24, 2.45) is 0 Å². The largest absolute Gasteiger partial charge is 0.472 e. The van der Waals surface area contributed by atoms with E-state index in [0.29, 0.717) is 10.0 Å². The topological polar surface area (TPSA) is 30.2 Å². The molecule has 1 aromatic heterocycles. The van der Waals surface area contributed by atoms with Gasteiger partial charge in [-0.1, -0.05) is 6.07 Å². The smallest absolute Gasteiger partial charge is 0.200 e. The molecule has 0 unspecified atom stereocenters. The van der Waals surface area contributed by atoms with Gasteiger partial charge in [0.2, 0.25) is 0 Å². The molecule has 0 N–H and O–H groups in total. The Morgan fingerprint density at radius 1 is 1.33 bits per heavy atom. The van der Waals surface area contributed by atoms with Crippen molar-refractivity contribution in [2.75, 3.05) is 0 Å². The molecule has 0 radical (unpaired) electrons. The highest BCUT2D eigenvalue weighted by molar-refractivity contribution is 9.10. The van der Waals surface area contributed by atoms with Crippen molar-refractivity contribution >= 4 is 21.7 Å². The summed E-state index contributed by atoms with van der Waals surface area (Å²) in [6.07, 6.45) is 2.67. The number of ketones is 1. The van der Waals surface area contributed by atoms with Crippen LogP contribution in [0, 0.1) is 5.82 Å². The number of benzene rings is 1. The molecule has 76 valence electrons. The molecule has 1 heterocycles. The first kappa shape index (κ1) is 10.1. The lowest BCUT2D eigenvalue weighted by Gasteiger charge is -2.02. The number of carbonyl (C=O) groups is 1. The Labute approximate surface area is 93.8 Å². The normalized spacial score (nSPS) is 10.3. The summed E-state index contributed by atoms with van der Waals surface area (Å²) in [4.78, 5) is 11.8. The minimum absolute atomic E-state index is 0.0268. The predicted octanol–water partition coefficient (Wildman–Crippen LogP) is 3.41. The van der Waals surface area contributed by atoms with Gasteiger partial charge in [-0.2, -0.15) is 0 Å². The lowest BCUT2D eigenvalue weighted by Crippen LogP contribution is -2.03. The van der Waals surface area contributed by atoms with Gasteiger partial charge in [0.05, 0.1) is 17.4 Å². The summed E-state index contributed by atoms with van der Waals surface area (Å²) in [5, 5.41) is 0. The molecule has 0 saturated carbocycles. The third-order valence-electron chi connectivity index (χ3n) is 1.97. The van der Waals surface area contributed by atoms with Crippen LogP contribution in [0.3, 0.4) is 0 Å². The highest BCUT2D eigenvalue weighted by atomic mass is 79.9. The van der Waals surface area contributed by atoms with Crippen LogP contribution in [-0.4, -0.2) is 5.78 Å². The van der Waals surface area contributed by atoms with Crippen LogP contribution in [-0.2, 0) is 0 Å². The van der Waals surface area contributed by atoms with Crippen molar-refractivity contribution < 1.29 is 13.6 Å². The Kier molecular flexibility index (Phi) is 2.68. The second-order valence-electron chi connectivity index (χ2n) is 2.94. The van der Waals surface area contributed by atoms with E-state index in [-0.39, 0.29) is 5.56 Å². The Hall–Kier alpha value is -1.42. The number of hydrogen-bond acceptors (Lipinski definition) is 2. The Bertz CT molecular complexity index is 471. The lowest BCUT2D eigenvalue weighted by atomic mass is 10.1. The van der Waals surface area contributed by atoms with Crippen molar-refractivity contribution in [3.8, 4) is 0 Å². The summed E-state index contributed by atoms with van der Waals surface area (Å²) >= 11 is 3.14. The van der Waals surface area contributed by atoms with Crippen LogP contribution >= 0.6 is 15.9 Å². The fraction of sp³-hybridized carbons (Fsp3) is 0. The van der Waals surface area contributed by atoms with Gasteiger partial charge in [-0.05, 0) is 34.1 Å². The van der Waals surface area contributed by atoms with Gasteiger partial charge in [-0.3, -0.25) is 4.79 Å². The summed E-state index contributed by atoms with van der Waals surface area (Å²) in [5.74, 6) is -0.940. The Balaban J connectivity index is 2.51. The molecular formula is C11H6BrFO2. The van der Waals surface area contributed by atoms with E-state index >= 15 is 0 Å². The van der Waals surface area contributed by atoms with Crippen LogP contribution in [0.1, 0.15) is 15.9 Å². The average Bonchev–Trinajstić information content (AvgIpc) is 2.69. The monoisotopic (exact) mass is 268 g/mol. The third kappa shape index (κ3) is 1.85. The molecule has 0 atom stereocenters. The van der Waals surface area contributed by atoms with Crippen molar-refractivity contribution in [2.45, 2.75) is 0 Å². The van der Waals surface area contributed by atoms with Gasteiger partial charge in [0, 0.05) is 4.47 Å². The number of furan rings is 1. The van der Waals surface area contributed by atoms with E-state index in [0.717, 1.165) is 0 Å². The zero-order chi connectivity index (χ0) is 10.8. The number of rotatable bonds is 2. The Morgan fingerprint density at radius 2 is 2.13 bits per heavy atom. The second-order valence-corrected chi connectivity index (χ2v) is 3.79.